The zero-order valence-electron chi connectivity index (χ0n) is 11.8. The summed E-state index contributed by atoms with van der Waals surface area (Å²) in [6, 6.07) is 21.1. The van der Waals surface area contributed by atoms with Crippen LogP contribution < -0.4 is 0 Å². The predicted molar refractivity (Wildman–Crippen MR) is 86.3 cm³/mol. The lowest BCUT2D eigenvalue weighted by Crippen LogP contribution is -2.24. The van der Waals surface area contributed by atoms with E-state index >= 15 is 0 Å². The number of hydrogen-bond acceptors (Lipinski definition) is 1. The highest BCUT2D eigenvalue weighted by atomic mass is 15.1. The van der Waals surface area contributed by atoms with Crippen LogP contribution in [0.25, 0.3) is 0 Å². The maximum Gasteiger partial charge on any atom is 0.0240 e. The van der Waals surface area contributed by atoms with Crippen LogP contribution >= 0.6 is 0 Å². The summed E-state index contributed by atoms with van der Waals surface area (Å²) in [6.45, 7) is 10.5. The number of rotatable bonds is 7. The van der Waals surface area contributed by atoms with E-state index in [9.17, 15) is 0 Å². The molecule has 0 saturated heterocycles. The van der Waals surface area contributed by atoms with Crippen molar-refractivity contribution in [2.24, 2.45) is 0 Å². The average Bonchev–Trinajstić information content (AvgIpc) is 2.49. The molecule has 0 saturated carbocycles. The largest absolute Gasteiger partial charge is 0.291 e. The van der Waals surface area contributed by atoms with Gasteiger partial charge in [-0.1, -0.05) is 79.9 Å². The van der Waals surface area contributed by atoms with Gasteiger partial charge in [0, 0.05) is 19.6 Å². The van der Waals surface area contributed by atoms with Crippen LogP contribution in [-0.4, -0.2) is 11.4 Å². The maximum atomic E-state index is 4.04. The van der Waals surface area contributed by atoms with E-state index in [1.165, 1.54) is 11.1 Å². The Morgan fingerprint density at radius 3 is 1.70 bits per heavy atom. The van der Waals surface area contributed by atoms with Crippen molar-refractivity contribution >= 4 is 0 Å². The molecule has 0 aliphatic carbocycles. The molecular weight excluding hydrogens is 242 g/mol. The van der Waals surface area contributed by atoms with Crippen molar-refractivity contribution in [1.82, 2.24) is 4.90 Å². The van der Waals surface area contributed by atoms with E-state index < -0.39 is 0 Å². The molecule has 0 spiro atoms. The molecular formula is C19H21N. The molecule has 0 aromatic heterocycles. The summed E-state index contributed by atoms with van der Waals surface area (Å²) in [5, 5.41) is 0. The van der Waals surface area contributed by atoms with Crippen LogP contribution in [0.15, 0.2) is 85.5 Å². The summed E-state index contributed by atoms with van der Waals surface area (Å²) >= 11 is 0. The highest BCUT2D eigenvalue weighted by molar-refractivity contribution is 5.19. The molecule has 0 radical (unpaired) electrons. The normalized spacial score (nSPS) is 10.4. The summed E-state index contributed by atoms with van der Waals surface area (Å²) in [4.78, 5) is 2.38. The summed E-state index contributed by atoms with van der Waals surface area (Å²) in [5.41, 5.74) is 3.69. The van der Waals surface area contributed by atoms with Crippen molar-refractivity contribution < 1.29 is 0 Å². The molecule has 1 heteroatoms. The molecule has 0 heterocycles. The molecule has 2 rings (SSSR count). The molecule has 0 atom stereocenters. The minimum atomic E-state index is 0.841. The first-order chi connectivity index (χ1) is 9.78. The summed E-state index contributed by atoms with van der Waals surface area (Å²) in [5.74, 6) is 0. The third-order valence-corrected chi connectivity index (χ3v) is 3.21. The first-order valence-electron chi connectivity index (χ1n) is 6.88. The van der Waals surface area contributed by atoms with Crippen molar-refractivity contribution in [3.05, 3.63) is 96.6 Å². The lowest BCUT2D eigenvalue weighted by atomic mass is 10.1. The lowest BCUT2D eigenvalue weighted by Gasteiger charge is -2.23. The molecule has 0 aliphatic rings. The topological polar surface area (TPSA) is 3.24 Å². The quantitative estimate of drug-likeness (QED) is 0.668. The minimum Gasteiger partial charge on any atom is -0.291 e. The fraction of sp³-hybridized carbons (Fsp3) is 0.158. The first-order valence-corrected chi connectivity index (χ1v) is 6.88. The summed E-state index contributed by atoms with van der Waals surface area (Å²) < 4.78 is 0. The number of hydrogen-bond donors (Lipinski definition) is 0. The van der Waals surface area contributed by atoms with Gasteiger partial charge in [-0.3, -0.25) is 4.90 Å². The van der Waals surface area contributed by atoms with Crippen LogP contribution in [0.4, 0.5) is 0 Å². The Kier molecular flexibility index (Phi) is 5.33. The SMILES string of the molecule is C=CC(=C)CN(Cc1ccccc1)Cc1ccccc1. The molecule has 0 bridgehead atoms. The summed E-state index contributed by atoms with van der Waals surface area (Å²) in [7, 11) is 0. The molecule has 0 fully saturated rings. The van der Waals surface area contributed by atoms with E-state index in [1.807, 2.05) is 18.2 Å². The second kappa shape index (κ2) is 7.46. The van der Waals surface area contributed by atoms with Crippen molar-refractivity contribution in [3.8, 4) is 0 Å². The van der Waals surface area contributed by atoms with E-state index in [0.717, 1.165) is 25.2 Å². The Morgan fingerprint density at radius 2 is 1.30 bits per heavy atom. The van der Waals surface area contributed by atoms with Crippen molar-refractivity contribution in [3.63, 3.8) is 0 Å². The average molecular weight is 263 g/mol. The smallest absolute Gasteiger partial charge is 0.0240 e. The third-order valence-electron chi connectivity index (χ3n) is 3.21. The van der Waals surface area contributed by atoms with Gasteiger partial charge in [0.05, 0.1) is 0 Å². The number of benzene rings is 2. The Morgan fingerprint density at radius 1 is 0.850 bits per heavy atom. The molecule has 0 unspecified atom stereocenters. The van der Waals surface area contributed by atoms with Crippen LogP contribution in [0.5, 0.6) is 0 Å². The van der Waals surface area contributed by atoms with Crippen LogP contribution in [0.1, 0.15) is 11.1 Å². The van der Waals surface area contributed by atoms with Crippen LogP contribution in [0.3, 0.4) is 0 Å². The zero-order chi connectivity index (χ0) is 14.2. The van der Waals surface area contributed by atoms with Crippen molar-refractivity contribution in [2.45, 2.75) is 13.1 Å². The Balaban J connectivity index is 2.08. The lowest BCUT2D eigenvalue weighted by molar-refractivity contribution is 0.282. The van der Waals surface area contributed by atoms with E-state index in [4.69, 9.17) is 0 Å². The van der Waals surface area contributed by atoms with Gasteiger partial charge >= 0.3 is 0 Å². The highest BCUT2D eigenvalue weighted by Gasteiger charge is 2.07. The highest BCUT2D eigenvalue weighted by Crippen LogP contribution is 2.11. The maximum absolute atomic E-state index is 4.04. The molecule has 102 valence electrons. The van der Waals surface area contributed by atoms with E-state index in [1.54, 1.807) is 0 Å². The first kappa shape index (κ1) is 14.3. The zero-order valence-corrected chi connectivity index (χ0v) is 11.8. The Bertz CT molecular complexity index is 501. The molecule has 0 N–H and O–H groups in total. The monoisotopic (exact) mass is 263 g/mol. The van der Waals surface area contributed by atoms with Crippen molar-refractivity contribution in [2.75, 3.05) is 6.54 Å². The van der Waals surface area contributed by atoms with Crippen LogP contribution in [0, 0.1) is 0 Å². The van der Waals surface area contributed by atoms with Gasteiger partial charge in [-0.2, -0.15) is 0 Å². The summed E-state index contributed by atoms with van der Waals surface area (Å²) in [6.07, 6.45) is 1.84. The molecule has 2 aromatic rings. The Labute approximate surface area is 121 Å². The fourth-order valence-electron chi connectivity index (χ4n) is 2.20. The van der Waals surface area contributed by atoms with E-state index in [-0.39, 0.29) is 0 Å². The van der Waals surface area contributed by atoms with Gasteiger partial charge in [0.15, 0.2) is 0 Å². The molecule has 2 aromatic carbocycles. The van der Waals surface area contributed by atoms with Gasteiger partial charge in [-0.05, 0) is 16.7 Å². The van der Waals surface area contributed by atoms with Gasteiger partial charge in [0.25, 0.3) is 0 Å². The van der Waals surface area contributed by atoms with Gasteiger partial charge in [0.1, 0.15) is 0 Å². The Hall–Kier alpha value is -2.12. The van der Waals surface area contributed by atoms with Crippen molar-refractivity contribution in [1.29, 1.82) is 0 Å². The van der Waals surface area contributed by atoms with E-state index in [0.29, 0.717) is 0 Å². The predicted octanol–water partition coefficient (Wildman–Crippen LogP) is 4.43. The second-order valence-electron chi connectivity index (χ2n) is 4.98. The van der Waals surface area contributed by atoms with E-state index in [2.05, 4.69) is 66.6 Å². The number of nitrogens with zero attached hydrogens (tertiary/aromatic N) is 1. The minimum absolute atomic E-state index is 0.841. The van der Waals surface area contributed by atoms with Crippen LogP contribution in [0.2, 0.25) is 0 Å². The van der Waals surface area contributed by atoms with Gasteiger partial charge in [-0.25, -0.2) is 0 Å². The fourth-order valence-corrected chi connectivity index (χ4v) is 2.20. The molecule has 1 nitrogen and oxygen atoms in total. The molecule has 0 aliphatic heterocycles. The standard InChI is InChI=1S/C19H21N/c1-3-17(2)14-20(15-18-10-6-4-7-11-18)16-19-12-8-5-9-13-19/h3-13H,1-2,14-16H2. The third kappa shape index (κ3) is 4.52. The van der Waals surface area contributed by atoms with Gasteiger partial charge < -0.3 is 0 Å². The molecule has 20 heavy (non-hydrogen) atoms. The van der Waals surface area contributed by atoms with Gasteiger partial charge in [0.2, 0.25) is 0 Å². The van der Waals surface area contributed by atoms with Crippen LogP contribution in [-0.2, 0) is 13.1 Å². The van der Waals surface area contributed by atoms with Gasteiger partial charge in [-0.15, -0.1) is 0 Å². The molecule has 0 amide bonds. The second-order valence-corrected chi connectivity index (χ2v) is 4.98.